The van der Waals surface area contributed by atoms with Crippen LogP contribution in [0.1, 0.15) is 39.2 Å². The molecule has 2 amide bonds. The lowest BCUT2D eigenvalue weighted by Crippen LogP contribution is -2.37. The standard InChI is InChI=1S/C28H32ClF3N8O4/c1-27(2,3)44-26(42)39(15-18-6-7-24(21(29)10-18)43-28(30,31)32)9-5-4-8-33-14-25(41)37-22-11-19(40-16-35-36-17-40)12-23-20(22)13-34-38-23/h6-7,10-13,16-17,33H,4-5,8-9,14-15H2,1-3H3,(H,34,38)(H,37,41). The third-order valence-corrected chi connectivity index (χ3v) is 6.39. The summed E-state index contributed by atoms with van der Waals surface area (Å²) in [6, 6.07) is 7.50. The SMILES string of the molecule is CC(C)(C)OC(=O)N(CCCCNCC(=O)Nc1cc(-n2cnnc2)cc2[nH]ncc12)Cc1ccc(OC(F)(F)F)c(Cl)c1. The number of H-pyrrole nitrogens is 1. The van der Waals surface area contributed by atoms with E-state index in [-0.39, 0.29) is 24.0 Å². The molecule has 2 aromatic heterocycles. The zero-order chi connectivity index (χ0) is 31.9. The van der Waals surface area contributed by atoms with Gasteiger partial charge in [0.2, 0.25) is 5.91 Å². The second-order valence-corrected chi connectivity index (χ2v) is 11.2. The van der Waals surface area contributed by atoms with Crippen molar-refractivity contribution in [2.24, 2.45) is 0 Å². The minimum Gasteiger partial charge on any atom is -0.444 e. The van der Waals surface area contributed by atoms with E-state index in [1.807, 2.05) is 6.07 Å². The Hall–Kier alpha value is -4.37. The first-order valence-electron chi connectivity index (χ1n) is 13.6. The van der Waals surface area contributed by atoms with Gasteiger partial charge in [-0.3, -0.25) is 14.5 Å². The molecule has 2 heterocycles. The summed E-state index contributed by atoms with van der Waals surface area (Å²) >= 11 is 5.99. The number of hydrogen-bond acceptors (Lipinski definition) is 8. The largest absolute Gasteiger partial charge is 0.573 e. The maximum absolute atomic E-state index is 12.9. The number of amides is 2. The number of aromatic nitrogens is 5. The highest BCUT2D eigenvalue weighted by atomic mass is 35.5. The van der Waals surface area contributed by atoms with E-state index in [0.717, 1.165) is 22.7 Å². The number of aromatic amines is 1. The van der Waals surface area contributed by atoms with E-state index in [1.54, 1.807) is 50.3 Å². The molecule has 0 aliphatic heterocycles. The van der Waals surface area contributed by atoms with Crippen LogP contribution in [0.15, 0.2) is 49.2 Å². The number of halogens is 4. The maximum Gasteiger partial charge on any atom is 0.573 e. The number of nitrogens with zero attached hydrogens (tertiary/aromatic N) is 5. The molecule has 44 heavy (non-hydrogen) atoms. The number of alkyl halides is 3. The number of hydrogen-bond donors (Lipinski definition) is 3. The molecular weight excluding hydrogens is 605 g/mol. The Morgan fingerprint density at radius 2 is 1.84 bits per heavy atom. The average Bonchev–Trinajstić information content (AvgIpc) is 3.62. The van der Waals surface area contributed by atoms with Gasteiger partial charge in [-0.25, -0.2) is 4.79 Å². The summed E-state index contributed by atoms with van der Waals surface area (Å²) in [6.07, 6.45) is 0.465. The number of benzene rings is 2. The van der Waals surface area contributed by atoms with Gasteiger partial charge in [-0.05, 0) is 70.0 Å². The van der Waals surface area contributed by atoms with Crippen LogP contribution in [0.5, 0.6) is 5.75 Å². The number of anilines is 1. The van der Waals surface area contributed by atoms with E-state index in [0.29, 0.717) is 37.2 Å². The lowest BCUT2D eigenvalue weighted by molar-refractivity contribution is -0.274. The van der Waals surface area contributed by atoms with Gasteiger partial charge in [0, 0.05) is 18.5 Å². The molecule has 3 N–H and O–H groups in total. The lowest BCUT2D eigenvalue weighted by Gasteiger charge is -2.27. The van der Waals surface area contributed by atoms with E-state index >= 15 is 0 Å². The molecule has 0 unspecified atom stereocenters. The molecule has 4 aromatic rings. The third-order valence-electron chi connectivity index (χ3n) is 6.10. The molecule has 0 fully saturated rings. The van der Waals surface area contributed by atoms with Gasteiger partial charge in [0.05, 0.1) is 34.7 Å². The van der Waals surface area contributed by atoms with E-state index in [2.05, 4.69) is 35.8 Å². The van der Waals surface area contributed by atoms with E-state index in [1.165, 1.54) is 17.0 Å². The predicted molar refractivity (Wildman–Crippen MR) is 157 cm³/mol. The molecule has 0 saturated carbocycles. The number of rotatable bonds is 12. The van der Waals surface area contributed by atoms with Crippen LogP contribution in [-0.2, 0) is 16.1 Å². The van der Waals surface area contributed by atoms with Gasteiger partial charge in [0.15, 0.2) is 0 Å². The van der Waals surface area contributed by atoms with Crippen LogP contribution in [-0.4, -0.2) is 73.5 Å². The summed E-state index contributed by atoms with van der Waals surface area (Å²) in [5, 5.41) is 21.1. The Bertz CT molecular complexity index is 1570. The summed E-state index contributed by atoms with van der Waals surface area (Å²) in [7, 11) is 0. The highest BCUT2D eigenvalue weighted by molar-refractivity contribution is 6.32. The summed E-state index contributed by atoms with van der Waals surface area (Å²) in [4.78, 5) is 27.0. The van der Waals surface area contributed by atoms with Crippen LogP contribution >= 0.6 is 11.6 Å². The second kappa shape index (κ2) is 13.9. The molecular formula is C28H32ClF3N8O4. The second-order valence-electron chi connectivity index (χ2n) is 10.8. The van der Waals surface area contributed by atoms with Crippen molar-refractivity contribution in [3.8, 4) is 11.4 Å². The molecule has 0 radical (unpaired) electrons. The van der Waals surface area contributed by atoms with Gasteiger partial charge in [-0.15, -0.1) is 23.4 Å². The topological polar surface area (TPSA) is 139 Å². The first-order valence-corrected chi connectivity index (χ1v) is 14.0. The van der Waals surface area contributed by atoms with Gasteiger partial charge in [-0.2, -0.15) is 5.10 Å². The van der Waals surface area contributed by atoms with E-state index in [9.17, 15) is 22.8 Å². The Kier molecular flexibility index (Phi) is 10.3. The average molecular weight is 637 g/mol. The van der Waals surface area contributed by atoms with Crippen molar-refractivity contribution in [1.29, 1.82) is 0 Å². The molecule has 0 atom stereocenters. The summed E-state index contributed by atoms with van der Waals surface area (Å²) in [5.41, 5.74) is 1.83. The van der Waals surface area contributed by atoms with Gasteiger partial charge >= 0.3 is 12.5 Å². The van der Waals surface area contributed by atoms with Crippen molar-refractivity contribution in [3.05, 3.63) is 59.8 Å². The highest BCUT2D eigenvalue weighted by Gasteiger charge is 2.32. The maximum atomic E-state index is 12.9. The van der Waals surface area contributed by atoms with Crippen LogP contribution in [0.3, 0.4) is 0 Å². The first kappa shape index (κ1) is 32.5. The zero-order valence-corrected chi connectivity index (χ0v) is 25.0. The van der Waals surface area contributed by atoms with Crippen molar-refractivity contribution < 1.29 is 32.2 Å². The van der Waals surface area contributed by atoms with Crippen LogP contribution in [0.2, 0.25) is 5.02 Å². The van der Waals surface area contributed by atoms with Crippen molar-refractivity contribution in [3.63, 3.8) is 0 Å². The number of carbonyl (C=O) groups is 2. The van der Waals surface area contributed by atoms with Crippen LogP contribution in [0, 0.1) is 0 Å². The summed E-state index contributed by atoms with van der Waals surface area (Å²) < 4.78 is 48.9. The van der Waals surface area contributed by atoms with Crippen molar-refractivity contribution >= 4 is 40.2 Å². The number of nitrogens with one attached hydrogen (secondary N) is 3. The number of carbonyl (C=O) groups excluding carboxylic acids is 2. The Balaban J connectivity index is 1.28. The van der Waals surface area contributed by atoms with Crippen molar-refractivity contribution in [2.45, 2.75) is 52.1 Å². The molecule has 4 rings (SSSR count). The third kappa shape index (κ3) is 9.57. The van der Waals surface area contributed by atoms with Crippen LogP contribution in [0.4, 0.5) is 23.7 Å². The van der Waals surface area contributed by atoms with Crippen LogP contribution < -0.4 is 15.4 Å². The van der Waals surface area contributed by atoms with E-state index < -0.39 is 23.8 Å². The monoisotopic (exact) mass is 636 g/mol. The zero-order valence-electron chi connectivity index (χ0n) is 24.2. The summed E-state index contributed by atoms with van der Waals surface area (Å²) in [5.74, 6) is -0.780. The Morgan fingerprint density at radius 1 is 1.09 bits per heavy atom. The minimum absolute atomic E-state index is 0.0524. The van der Waals surface area contributed by atoms with Gasteiger partial charge in [0.25, 0.3) is 0 Å². The molecule has 16 heteroatoms. The molecule has 12 nitrogen and oxygen atoms in total. The Labute approximate surface area is 255 Å². The smallest absolute Gasteiger partial charge is 0.444 e. The van der Waals surface area contributed by atoms with Gasteiger partial charge in [0.1, 0.15) is 24.0 Å². The van der Waals surface area contributed by atoms with Crippen molar-refractivity contribution in [2.75, 3.05) is 25.0 Å². The fourth-order valence-electron chi connectivity index (χ4n) is 4.20. The fourth-order valence-corrected chi connectivity index (χ4v) is 4.45. The van der Waals surface area contributed by atoms with Gasteiger partial charge < -0.3 is 25.0 Å². The van der Waals surface area contributed by atoms with E-state index in [4.69, 9.17) is 16.3 Å². The quantitative estimate of drug-likeness (QED) is 0.175. The van der Waals surface area contributed by atoms with Crippen molar-refractivity contribution in [1.82, 2.24) is 35.2 Å². The molecule has 2 aromatic carbocycles. The number of ether oxygens (including phenoxy) is 2. The predicted octanol–water partition coefficient (Wildman–Crippen LogP) is 5.44. The molecule has 0 aliphatic rings. The summed E-state index contributed by atoms with van der Waals surface area (Å²) in [6.45, 7) is 6.12. The molecule has 236 valence electrons. The molecule has 0 bridgehead atoms. The number of fused-ring (bicyclic) bond motifs is 1. The highest BCUT2D eigenvalue weighted by Crippen LogP contribution is 2.31. The molecule has 0 aliphatic carbocycles. The minimum atomic E-state index is -4.88. The van der Waals surface area contributed by atoms with Gasteiger partial charge in [-0.1, -0.05) is 17.7 Å². The lowest BCUT2D eigenvalue weighted by atomic mass is 10.2. The Morgan fingerprint density at radius 3 is 2.52 bits per heavy atom. The first-order chi connectivity index (χ1) is 20.8. The molecule has 0 saturated heterocycles. The fraction of sp³-hybridized carbons (Fsp3) is 0.393. The normalized spacial score (nSPS) is 11.9. The number of unbranched alkanes of at least 4 members (excludes halogenated alkanes) is 1. The van der Waals surface area contributed by atoms with Crippen LogP contribution in [0.25, 0.3) is 16.6 Å². The molecule has 0 spiro atoms.